The Kier molecular flexibility index (Phi) is 6.01. The van der Waals surface area contributed by atoms with Crippen molar-refractivity contribution in [3.63, 3.8) is 0 Å². The van der Waals surface area contributed by atoms with Gasteiger partial charge in [0.15, 0.2) is 5.11 Å². The maximum absolute atomic E-state index is 11.3. The van der Waals surface area contributed by atoms with Crippen molar-refractivity contribution in [1.82, 2.24) is 20.1 Å². The number of thiocarbonyl (C=S) groups is 1. The van der Waals surface area contributed by atoms with Crippen LogP contribution >= 0.6 is 12.2 Å². The van der Waals surface area contributed by atoms with E-state index in [4.69, 9.17) is 16.6 Å². The first-order valence-corrected chi connectivity index (χ1v) is 10.4. The molecular weight excluding hydrogens is 412 g/mol. The average Bonchev–Trinajstić information content (AvgIpc) is 3.37. The van der Waals surface area contributed by atoms with Gasteiger partial charge >= 0.3 is 5.97 Å². The van der Waals surface area contributed by atoms with Gasteiger partial charge in [0, 0.05) is 24.8 Å². The molecule has 0 radical (unpaired) electrons. The van der Waals surface area contributed by atoms with Gasteiger partial charge in [0.25, 0.3) is 0 Å². The minimum Gasteiger partial charge on any atom is -0.478 e. The van der Waals surface area contributed by atoms with Crippen LogP contribution in [-0.4, -0.2) is 58.2 Å². The summed E-state index contributed by atoms with van der Waals surface area (Å²) in [5, 5.41) is 13.4. The van der Waals surface area contributed by atoms with Gasteiger partial charge in [0.05, 0.1) is 17.3 Å². The number of nitrogens with one attached hydrogen (secondary N) is 1. The highest BCUT2D eigenvalue weighted by Gasteiger charge is 2.41. The van der Waals surface area contributed by atoms with Crippen LogP contribution in [0, 0.1) is 0 Å². The van der Waals surface area contributed by atoms with E-state index < -0.39 is 5.97 Å². The normalized spacial score (nSPS) is 18.4. The van der Waals surface area contributed by atoms with Crippen LogP contribution in [0.3, 0.4) is 0 Å². The molecule has 0 amide bonds. The van der Waals surface area contributed by atoms with Crippen molar-refractivity contribution >= 4 is 23.3 Å². The van der Waals surface area contributed by atoms with Crippen LogP contribution in [0.25, 0.3) is 11.3 Å². The van der Waals surface area contributed by atoms with Crippen molar-refractivity contribution in [3.05, 3.63) is 77.8 Å². The molecule has 1 saturated heterocycles. The predicted octanol–water partition coefficient (Wildman–Crippen LogP) is 3.57. The number of carboxylic acids is 1. The van der Waals surface area contributed by atoms with E-state index in [1.165, 1.54) is 0 Å². The molecule has 1 fully saturated rings. The molecular formula is C23H24N4O3S. The van der Waals surface area contributed by atoms with Crippen LogP contribution in [0.4, 0.5) is 0 Å². The summed E-state index contributed by atoms with van der Waals surface area (Å²) in [6.07, 6.45) is 1.77. The summed E-state index contributed by atoms with van der Waals surface area (Å²) in [5.41, 5.74) is 1.82. The van der Waals surface area contributed by atoms with Gasteiger partial charge in [-0.15, -0.1) is 0 Å². The summed E-state index contributed by atoms with van der Waals surface area (Å²) in [5.74, 6) is 0.393. The SMILES string of the molecule is CN(C)CCN1C(=S)N[C@@H](c2ccccn2)[C@H]1c1ccc(-c2cccc(C(=O)O)c2)o1. The highest BCUT2D eigenvalue weighted by Crippen LogP contribution is 2.40. The summed E-state index contributed by atoms with van der Waals surface area (Å²) < 4.78 is 6.25. The third-order valence-electron chi connectivity index (χ3n) is 5.30. The fourth-order valence-electron chi connectivity index (χ4n) is 3.74. The minimum atomic E-state index is -0.968. The third kappa shape index (κ3) is 4.45. The Labute approximate surface area is 186 Å². The summed E-state index contributed by atoms with van der Waals surface area (Å²) in [6, 6.07) is 16.0. The smallest absolute Gasteiger partial charge is 0.335 e. The Balaban J connectivity index is 1.70. The van der Waals surface area contributed by atoms with Crippen LogP contribution in [0.5, 0.6) is 0 Å². The topological polar surface area (TPSA) is 81.8 Å². The molecule has 31 heavy (non-hydrogen) atoms. The Bertz CT molecular complexity index is 1080. The van der Waals surface area contributed by atoms with E-state index in [-0.39, 0.29) is 17.6 Å². The largest absolute Gasteiger partial charge is 0.478 e. The minimum absolute atomic E-state index is 0.153. The average molecular weight is 437 g/mol. The van der Waals surface area contributed by atoms with Crippen molar-refractivity contribution in [3.8, 4) is 11.3 Å². The van der Waals surface area contributed by atoms with Gasteiger partial charge < -0.3 is 24.6 Å². The first-order chi connectivity index (χ1) is 14.9. The number of carbonyl (C=O) groups is 1. The molecule has 0 spiro atoms. The van der Waals surface area contributed by atoms with Crippen molar-refractivity contribution in [1.29, 1.82) is 0 Å². The van der Waals surface area contributed by atoms with Gasteiger partial charge in [-0.1, -0.05) is 18.2 Å². The monoisotopic (exact) mass is 436 g/mol. The lowest BCUT2D eigenvalue weighted by atomic mass is 10.0. The summed E-state index contributed by atoms with van der Waals surface area (Å²) in [6.45, 7) is 1.57. The molecule has 0 unspecified atom stereocenters. The first kappa shape index (κ1) is 21.0. The van der Waals surface area contributed by atoms with Crippen LogP contribution in [-0.2, 0) is 0 Å². The number of hydrogen-bond acceptors (Lipinski definition) is 5. The summed E-state index contributed by atoms with van der Waals surface area (Å²) in [7, 11) is 4.05. The van der Waals surface area contributed by atoms with E-state index in [1.807, 2.05) is 50.5 Å². The quantitative estimate of drug-likeness (QED) is 0.544. The van der Waals surface area contributed by atoms with Gasteiger partial charge in [-0.25, -0.2) is 4.79 Å². The number of hydrogen-bond donors (Lipinski definition) is 2. The molecule has 7 nitrogen and oxygen atoms in total. The number of aromatic carboxylic acids is 1. The summed E-state index contributed by atoms with van der Waals surface area (Å²) in [4.78, 5) is 20.1. The van der Waals surface area contributed by atoms with Gasteiger partial charge in [-0.3, -0.25) is 4.98 Å². The van der Waals surface area contributed by atoms with Crippen molar-refractivity contribution in [2.24, 2.45) is 0 Å². The lowest BCUT2D eigenvalue weighted by Gasteiger charge is -2.27. The van der Waals surface area contributed by atoms with E-state index in [9.17, 15) is 9.90 Å². The van der Waals surface area contributed by atoms with Crippen LogP contribution in [0.2, 0.25) is 0 Å². The maximum Gasteiger partial charge on any atom is 0.335 e. The molecule has 160 valence electrons. The van der Waals surface area contributed by atoms with Crippen LogP contribution < -0.4 is 5.32 Å². The molecule has 1 aliphatic heterocycles. The zero-order chi connectivity index (χ0) is 22.0. The molecule has 2 aromatic heterocycles. The molecule has 1 aliphatic rings. The van der Waals surface area contributed by atoms with Crippen molar-refractivity contribution in [2.45, 2.75) is 12.1 Å². The molecule has 0 aliphatic carbocycles. The van der Waals surface area contributed by atoms with E-state index >= 15 is 0 Å². The van der Waals surface area contributed by atoms with Gasteiger partial charge in [-0.05, 0) is 62.7 Å². The molecule has 2 N–H and O–H groups in total. The fraction of sp³-hybridized carbons (Fsp3) is 0.261. The molecule has 3 heterocycles. The lowest BCUT2D eigenvalue weighted by molar-refractivity contribution is 0.0697. The maximum atomic E-state index is 11.3. The zero-order valence-electron chi connectivity index (χ0n) is 17.4. The summed E-state index contributed by atoms with van der Waals surface area (Å²) >= 11 is 5.65. The Morgan fingerprint density at radius 2 is 2.06 bits per heavy atom. The number of carboxylic acid groups (broad SMARTS) is 1. The second-order valence-electron chi connectivity index (χ2n) is 7.71. The molecule has 8 heteroatoms. The third-order valence-corrected chi connectivity index (χ3v) is 5.65. The molecule has 3 aromatic rings. The van der Waals surface area contributed by atoms with Gasteiger partial charge in [-0.2, -0.15) is 0 Å². The molecule has 0 saturated carbocycles. The predicted molar refractivity (Wildman–Crippen MR) is 122 cm³/mol. The fourth-order valence-corrected chi connectivity index (χ4v) is 4.07. The van der Waals surface area contributed by atoms with Gasteiger partial charge in [0.2, 0.25) is 0 Å². The van der Waals surface area contributed by atoms with Crippen LogP contribution in [0.1, 0.15) is 33.9 Å². The Morgan fingerprint density at radius 1 is 1.23 bits per heavy atom. The first-order valence-electron chi connectivity index (χ1n) is 10.0. The van der Waals surface area contributed by atoms with E-state index in [1.54, 1.807) is 24.4 Å². The number of furan rings is 1. The van der Waals surface area contributed by atoms with Gasteiger partial charge in [0.1, 0.15) is 17.6 Å². The number of benzene rings is 1. The molecule has 1 aromatic carbocycles. The highest BCUT2D eigenvalue weighted by molar-refractivity contribution is 7.80. The van der Waals surface area contributed by atoms with Crippen molar-refractivity contribution < 1.29 is 14.3 Å². The number of aromatic nitrogens is 1. The molecule has 0 bridgehead atoms. The Hall–Kier alpha value is -3.23. The van der Waals surface area contributed by atoms with E-state index in [2.05, 4.69) is 20.1 Å². The van der Waals surface area contributed by atoms with E-state index in [0.29, 0.717) is 16.4 Å². The second kappa shape index (κ2) is 8.87. The number of likely N-dealkylation sites (N-methyl/N-ethyl adjacent to an activating group) is 1. The van der Waals surface area contributed by atoms with E-state index in [0.717, 1.165) is 24.5 Å². The Morgan fingerprint density at radius 3 is 2.77 bits per heavy atom. The second-order valence-corrected chi connectivity index (χ2v) is 8.10. The zero-order valence-corrected chi connectivity index (χ0v) is 18.2. The number of pyridine rings is 1. The highest BCUT2D eigenvalue weighted by atomic mass is 32.1. The standard InChI is InChI=1S/C23H24N4O3S/c1-26(2)12-13-27-21(20(25-23(27)31)17-8-3-4-11-24-17)19-10-9-18(30-19)15-6-5-7-16(14-15)22(28)29/h3-11,14,20-21H,12-13H2,1-2H3,(H,25,31)(H,28,29)/t20-,21+/m0/s1. The lowest BCUT2D eigenvalue weighted by Crippen LogP contribution is -2.35. The molecule has 4 rings (SSSR count). The number of nitrogens with zero attached hydrogens (tertiary/aromatic N) is 3. The number of rotatable bonds is 7. The molecule has 2 atom stereocenters. The van der Waals surface area contributed by atoms with Crippen molar-refractivity contribution in [2.75, 3.05) is 27.2 Å². The van der Waals surface area contributed by atoms with Crippen LogP contribution in [0.15, 0.2) is 65.2 Å².